The molecule has 1 aromatic carbocycles. The van der Waals surface area contributed by atoms with Crippen molar-refractivity contribution in [1.82, 2.24) is 5.32 Å². The van der Waals surface area contributed by atoms with E-state index in [1.54, 1.807) is 6.07 Å². The Kier molecular flexibility index (Phi) is 4.61. The highest BCUT2D eigenvalue weighted by atomic mass is 35.5. The average molecular weight is 268 g/mol. The number of halogens is 1. The Balaban J connectivity index is 1.88. The molecule has 2 atom stereocenters. The van der Waals surface area contributed by atoms with Crippen molar-refractivity contribution < 1.29 is 9.53 Å². The molecule has 0 aliphatic carbocycles. The van der Waals surface area contributed by atoms with Crippen LogP contribution in [0.15, 0.2) is 24.3 Å². The zero-order chi connectivity index (χ0) is 13.0. The second-order valence-electron chi connectivity index (χ2n) is 4.79. The predicted octanol–water partition coefficient (Wildman–Crippen LogP) is 2.77. The van der Waals surface area contributed by atoms with Crippen molar-refractivity contribution in [2.75, 3.05) is 6.54 Å². The highest BCUT2D eigenvalue weighted by Crippen LogP contribution is 2.17. The van der Waals surface area contributed by atoms with Crippen LogP contribution in [0.3, 0.4) is 0 Å². The van der Waals surface area contributed by atoms with Crippen LogP contribution in [0.25, 0.3) is 0 Å². The molecule has 4 heteroatoms. The molecule has 0 radical (unpaired) electrons. The predicted molar refractivity (Wildman–Crippen MR) is 71.4 cm³/mol. The molecule has 0 bridgehead atoms. The van der Waals surface area contributed by atoms with E-state index < -0.39 is 0 Å². The summed E-state index contributed by atoms with van der Waals surface area (Å²) >= 11 is 5.88. The van der Waals surface area contributed by atoms with Gasteiger partial charge in [-0.15, -0.1) is 0 Å². The van der Waals surface area contributed by atoms with E-state index in [-0.39, 0.29) is 18.6 Å². The summed E-state index contributed by atoms with van der Waals surface area (Å²) in [7, 11) is 0. The molecule has 0 aromatic heterocycles. The molecule has 0 saturated carbocycles. The number of nitrogens with one attached hydrogen (secondary N) is 1. The van der Waals surface area contributed by atoms with Crippen molar-refractivity contribution in [3.63, 3.8) is 0 Å². The molecule has 1 aliphatic heterocycles. The van der Waals surface area contributed by atoms with Gasteiger partial charge >= 0.3 is 5.97 Å². The first-order valence-corrected chi connectivity index (χ1v) is 6.69. The van der Waals surface area contributed by atoms with E-state index in [0.717, 1.165) is 24.9 Å². The molecule has 98 valence electrons. The summed E-state index contributed by atoms with van der Waals surface area (Å²) in [5.74, 6) is 0.174. The van der Waals surface area contributed by atoms with E-state index in [9.17, 15) is 4.79 Å². The zero-order valence-corrected chi connectivity index (χ0v) is 11.2. The third-order valence-electron chi connectivity index (χ3n) is 3.29. The van der Waals surface area contributed by atoms with Crippen molar-refractivity contribution in [1.29, 1.82) is 0 Å². The lowest BCUT2D eigenvalue weighted by atomic mass is 9.93. The third kappa shape index (κ3) is 3.47. The van der Waals surface area contributed by atoms with Crippen molar-refractivity contribution in [3.05, 3.63) is 34.9 Å². The topological polar surface area (TPSA) is 38.3 Å². The molecule has 1 saturated heterocycles. The second-order valence-corrected chi connectivity index (χ2v) is 5.23. The van der Waals surface area contributed by atoms with Crippen LogP contribution in [0.5, 0.6) is 0 Å². The maximum atomic E-state index is 11.9. The molecule has 1 aliphatic rings. The standard InChI is InChI=1S/C14H18ClNO2/c1-10-4-3-7-16-13(10)14(17)18-9-11-5-2-6-12(15)8-11/h2,5-6,8,10,13,16H,3-4,7,9H2,1H3. The van der Waals surface area contributed by atoms with Crippen LogP contribution in [0.4, 0.5) is 0 Å². The highest BCUT2D eigenvalue weighted by Gasteiger charge is 2.28. The summed E-state index contributed by atoms with van der Waals surface area (Å²) < 4.78 is 5.33. The van der Waals surface area contributed by atoms with E-state index >= 15 is 0 Å². The second kappa shape index (κ2) is 6.21. The minimum atomic E-state index is -0.169. The fourth-order valence-corrected chi connectivity index (χ4v) is 2.45. The van der Waals surface area contributed by atoms with E-state index in [4.69, 9.17) is 16.3 Å². The van der Waals surface area contributed by atoms with Gasteiger partial charge in [0.25, 0.3) is 0 Å². The zero-order valence-electron chi connectivity index (χ0n) is 10.5. The number of esters is 1. The molecule has 1 heterocycles. The summed E-state index contributed by atoms with van der Waals surface area (Å²) in [6, 6.07) is 7.20. The van der Waals surface area contributed by atoms with Gasteiger partial charge in [0.15, 0.2) is 0 Å². The highest BCUT2D eigenvalue weighted by molar-refractivity contribution is 6.30. The number of carbonyl (C=O) groups excluding carboxylic acids is 1. The Morgan fingerprint density at radius 2 is 2.39 bits per heavy atom. The van der Waals surface area contributed by atoms with Gasteiger partial charge in [-0.05, 0) is 43.0 Å². The number of benzene rings is 1. The lowest BCUT2D eigenvalue weighted by molar-refractivity contribution is -0.149. The van der Waals surface area contributed by atoms with Gasteiger partial charge in [-0.2, -0.15) is 0 Å². The SMILES string of the molecule is CC1CCCNC1C(=O)OCc1cccc(Cl)c1. The molecule has 2 rings (SSSR count). The summed E-state index contributed by atoms with van der Waals surface area (Å²) in [5, 5.41) is 3.88. The largest absolute Gasteiger partial charge is 0.460 e. The Hall–Kier alpha value is -1.06. The number of carbonyl (C=O) groups is 1. The molecule has 18 heavy (non-hydrogen) atoms. The van der Waals surface area contributed by atoms with Crippen LogP contribution in [0, 0.1) is 5.92 Å². The van der Waals surface area contributed by atoms with E-state index in [1.165, 1.54) is 0 Å². The van der Waals surface area contributed by atoms with Gasteiger partial charge in [-0.3, -0.25) is 4.79 Å². The first-order valence-electron chi connectivity index (χ1n) is 6.31. The van der Waals surface area contributed by atoms with Gasteiger partial charge in [-0.1, -0.05) is 30.7 Å². The van der Waals surface area contributed by atoms with E-state index in [2.05, 4.69) is 12.2 Å². The number of piperidine rings is 1. The molecule has 0 spiro atoms. The number of ether oxygens (including phenoxy) is 1. The number of hydrogen-bond donors (Lipinski definition) is 1. The van der Waals surface area contributed by atoms with Crippen molar-refractivity contribution >= 4 is 17.6 Å². The summed E-state index contributed by atoms with van der Waals surface area (Å²) in [6.07, 6.45) is 2.20. The molecule has 2 unspecified atom stereocenters. The molecule has 0 amide bonds. The normalized spacial score (nSPS) is 23.7. The van der Waals surface area contributed by atoms with Crippen molar-refractivity contribution in [2.45, 2.75) is 32.4 Å². The lowest BCUT2D eigenvalue weighted by Crippen LogP contribution is -2.46. The Morgan fingerprint density at radius 3 is 3.11 bits per heavy atom. The minimum Gasteiger partial charge on any atom is -0.460 e. The number of rotatable bonds is 3. The van der Waals surface area contributed by atoms with Gasteiger partial charge in [-0.25, -0.2) is 0 Å². The van der Waals surface area contributed by atoms with Gasteiger partial charge in [0.2, 0.25) is 0 Å². The minimum absolute atomic E-state index is 0.165. The Bertz CT molecular complexity index is 422. The van der Waals surface area contributed by atoms with Crippen LogP contribution >= 0.6 is 11.6 Å². The summed E-state index contributed by atoms with van der Waals surface area (Å²) in [4.78, 5) is 11.9. The molecular formula is C14H18ClNO2. The lowest BCUT2D eigenvalue weighted by Gasteiger charge is -2.28. The molecule has 3 nitrogen and oxygen atoms in total. The average Bonchev–Trinajstić information content (AvgIpc) is 2.37. The molecule has 1 N–H and O–H groups in total. The van der Waals surface area contributed by atoms with E-state index in [1.807, 2.05) is 18.2 Å². The van der Waals surface area contributed by atoms with Gasteiger partial charge in [0.1, 0.15) is 12.6 Å². The smallest absolute Gasteiger partial charge is 0.323 e. The Labute approximate surface area is 112 Å². The van der Waals surface area contributed by atoms with Crippen LogP contribution in [-0.4, -0.2) is 18.6 Å². The third-order valence-corrected chi connectivity index (χ3v) is 3.53. The first-order chi connectivity index (χ1) is 8.66. The fourth-order valence-electron chi connectivity index (χ4n) is 2.24. The maximum absolute atomic E-state index is 11.9. The fraction of sp³-hybridized carbons (Fsp3) is 0.500. The van der Waals surface area contributed by atoms with Crippen LogP contribution < -0.4 is 5.32 Å². The number of hydrogen-bond acceptors (Lipinski definition) is 3. The van der Waals surface area contributed by atoms with Gasteiger partial charge in [0.05, 0.1) is 0 Å². The summed E-state index contributed by atoms with van der Waals surface area (Å²) in [6.45, 7) is 3.25. The van der Waals surface area contributed by atoms with E-state index in [0.29, 0.717) is 10.9 Å². The van der Waals surface area contributed by atoms with Crippen LogP contribution in [-0.2, 0) is 16.1 Å². The quantitative estimate of drug-likeness (QED) is 0.856. The Morgan fingerprint density at radius 1 is 1.56 bits per heavy atom. The van der Waals surface area contributed by atoms with Crippen molar-refractivity contribution in [2.24, 2.45) is 5.92 Å². The van der Waals surface area contributed by atoms with Crippen LogP contribution in [0.1, 0.15) is 25.3 Å². The first kappa shape index (κ1) is 13.4. The molecule has 1 aromatic rings. The summed E-state index contributed by atoms with van der Waals surface area (Å²) in [5.41, 5.74) is 0.916. The van der Waals surface area contributed by atoms with Crippen LogP contribution in [0.2, 0.25) is 5.02 Å². The van der Waals surface area contributed by atoms with Gasteiger partial charge < -0.3 is 10.1 Å². The van der Waals surface area contributed by atoms with Gasteiger partial charge in [0, 0.05) is 5.02 Å². The molecule has 1 fully saturated rings. The van der Waals surface area contributed by atoms with Crippen molar-refractivity contribution in [3.8, 4) is 0 Å². The molecular weight excluding hydrogens is 250 g/mol. The maximum Gasteiger partial charge on any atom is 0.323 e. The monoisotopic (exact) mass is 267 g/mol.